The van der Waals surface area contributed by atoms with Crippen molar-refractivity contribution in [1.29, 1.82) is 0 Å². The summed E-state index contributed by atoms with van der Waals surface area (Å²) in [5.41, 5.74) is 0.982. The summed E-state index contributed by atoms with van der Waals surface area (Å²) in [7, 11) is 0. The Morgan fingerprint density at radius 1 is 1.11 bits per heavy atom. The van der Waals surface area contributed by atoms with Gasteiger partial charge < -0.3 is 4.90 Å². The SMILES string of the molecule is Fc1ccc(N2CCCN3CCCCC3C2)c(Cl)c1. The zero-order valence-electron chi connectivity index (χ0n) is 11.1. The summed E-state index contributed by atoms with van der Waals surface area (Å²) in [5.74, 6) is -0.261. The minimum absolute atomic E-state index is 0.261. The maximum Gasteiger partial charge on any atom is 0.124 e. The number of benzene rings is 1. The maximum absolute atomic E-state index is 13.2. The van der Waals surface area contributed by atoms with Crippen LogP contribution in [0, 0.1) is 5.82 Å². The normalized spacial score (nSPS) is 24.9. The minimum atomic E-state index is -0.261. The van der Waals surface area contributed by atoms with Gasteiger partial charge >= 0.3 is 0 Å². The summed E-state index contributed by atoms with van der Waals surface area (Å²) >= 11 is 6.20. The molecule has 3 rings (SSSR count). The molecule has 104 valence electrons. The highest BCUT2D eigenvalue weighted by molar-refractivity contribution is 6.33. The summed E-state index contributed by atoms with van der Waals surface area (Å²) in [4.78, 5) is 4.94. The lowest BCUT2D eigenvalue weighted by atomic mass is 10.0. The van der Waals surface area contributed by atoms with Crippen LogP contribution in [0.5, 0.6) is 0 Å². The van der Waals surface area contributed by atoms with E-state index >= 15 is 0 Å². The van der Waals surface area contributed by atoms with Crippen molar-refractivity contribution in [2.45, 2.75) is 31.7 Å². The number of halogens is 2. The van der Waals surface area contributed by atoms with E-state index in [1.54, 1.807) is 0 Å². The molecule has 19 heavy (non-hydrogen) atoms. The van der Waals surface area contributed by atoms with E-state index in [1.807, 2.05) is 6.07 Å². The Bertz CT molecular complexity index is 452. The van der Waals surface area contributed by atoms with E-state index in [9.17, 15) is 4.39 Å². The second kappa shape index (κ2) is 5.68. The molecule has 0 aromatic heterocycles. The van der Waals surface area contributed by atoms with Crippen LogP contribution in [0.4, 0.5) is 10.1 Å². The lowest BCUT2D eigenvalue weighted by Gasteiger charge is -2.36. The first-order valence-electron chi connectivity index (χ1n) is 7.18. The molecule has 1 atom stereocenters. The standard InChI is InChI=1S/C15H20ClFN2/c16-14-10-12(17)5-6-15(14)19-9-3-8-18-7-2-1-4-13(18)11-19/h5-6,10,13H,1-4,7-9,11H2. The first-order valence-corrected chi connectivity index (χ1v) is 7.56. The number of anilines is 1. The Hall–Kier alpha value is -0.800. The molecule has 2 saturated heterocycles. The third-order valence-electron chi connectivity index (χ3n) is 4.30. The molecule has 1 aromatic rings. The van der Waals surface area contributed by atoms with Gasteiger partial charge in [0.2, 0.25) is 0 Å². The molecule has 0 spiro atoms. The topological polar surface area (TPSA) is 6.48 Å². The van der Waals surface area contributed by atoms with E-state index in [4.69, 9.17) is 11.6 Å². The van der Waals surface area contributed by atoms with Crippen molar-refractivity contribution >= 4 is 17.3 Å². The van der Waals surface area contributed by atoms with Crippen LogP contribution in [0.25, 0.3) is 0 Å². The fourth-order valence-corrected chi connectivity index (χ4v) is 3.61. The summed E-state index contributed by atoms with van der Waals surface area (Å²) < 4.78 is 13.2. The van der Waals surface area contributed by atoms with Crippen LogP contribution in [0.15, 0.2) is 18.2 Å². The molecular weight excluding hydrogens is 263 g/mol. The van der Waals surface area contributed by atoms with Crippen molar-refractivity contribution < 1.29 is 4.39 Å². The van der Waals surface area contributed by atoms with Gasteiger partial charge in [0.15, 0.2) is 0 Å². The Labute approximate surface area is 119 Å². The molecular formula is C15H20ClFN2. The first-order chi connectivity index (χ1) is 9.24. The van der Waals surface area contributed by atoms with E-state index in [0.717, 1.165) is 25.2 Å². The Balaban J connectivity index is 1.80. The van der Waals surface area contributed by atoms with Gasteiger partial charge in [-0.2, -0.15) is 0 Å². The number of nitrogens with zero attached hydrogens (tertiary/aromatic N) is 2. The van der Waals surface area contributed by atoms with E-state index in [2.05, 4.69) is 9.80 Å². The molecule has 0 bridgehead atoms. The third kappa shape index (κ3) is 2.87. The van der Waals surface area contributed by atoms with Gasteiger partial charge in [-0.1, -0.05) is 18.0 Å². The molecule has 0 saturated carbocycles. The predicted molar refractivity (Wildman–Crippen MR) is 77.5 cm³/mol. The Morgan fingerprint density at radius 3 is 2.79 bits per heavy atom. The van der Waals surface area contributed by atoms with Crippen LogP contribution in [-0.4, -0.2) is 37.1 Å². The maximum atomic E-state index is 13.2. The molecule has 2 heterocycles. The minimum Gasteiger partial charge on any atom is -0.369 e. The van der Waals surface area contributed by atoms with Crippen molar-refractivity contribution in [3.05, 3.63) is 29.0 Å². The Kier molecular flexibility index (Phi) is 3.94. The van der Waals surface area contributed by atoms with Crippen molar-refractivity contribution in [2.24, 2.45) is 0 Å². The van der Waals surface area contributed by atoms with Gasteiger partial charge in [0, 0.05) is 25.7 Å². The second-order valence-corrected chi connectivity index (χ2v) is 5.99. The van der Waals surface area contributed by atoms with Gasteiger partial charge in [-0.05, 0) is 44.0 Å². The largest absolute Gasteiger partial charge is 0.369 e. The van der Waals surface area contributed by atoms with E-state index < -0.39 is 0 Å². The van der Waals surface area contributed by atoms with Crippen LogP contribution in [-0.2, 0) is 0 Å². The average Bonchev–Trinajstić information content (AvgIpc) is 2.60. The summed E-state index contributed by atoms with van der Waals surface area (Å²) in [6.07, 6.45) is 5.08. The van der Waals surface area contributed by atoms with Gasteiger partial charge in [-0.15, -0.1) is 0 Å². The lowest BCUT2D eigenvalue weighted by molar-refractivity contribution is 0.162. The van der Waals surface area contributed by atoms with Crippen molar-refractivity contribution in [3.63, 3.8) is 0 Å². The van der Waals surface area contributed by atoms with Crippen molar-refractivity contribution in [2.75, 3.05) is 31.1 Å². The molecule has 1 unspecified atom stereocenters. The van der Waals surface area contributed by atoms with E-state index in [0.29, 0.717) is 11.1 Å². The molecule has 2 nitrogen and oxygen atoms in total. The van der Waals surface area contributed by atoms with Crippen LogP contribution in [0.1, 0.15) is 25.7 Å². The molecule has 0 radical (unpaired) electrons. The summed E-state index contributed by atoms with van der Waals surface area (Å²) in [6.45, 7) is 4.44. The number of rotatable bonds is 1. The summed E-state index contributed by atoms with van der Waals surface area (Å²) in [5, 5.41) is 0.532. The van der Waals surface area contributed by atoms with Gasteiger partial charge in [0.25, 0.3) is 0 Å². The fourth-order valence-electron chi connectivity index (χ4n) is 3.33. The second-order valence-electron chi connectivity index (χ2n) is 5.58. The van der Waals surface area contributed by atoms with Crippen LogP contribution < -0.4 is 4.90 Å². The quantitative estimate of drug-likeness (QED) is 0.777. The van der Waals surface area contributed by atoms with Crippen LogP contribution in [0.3, 0.4) is 0 Å². The monoisotopic (exact) mass is 282 g/mol. The van der Waals surface area contributed by atoms with Crippen LogP contribution >= 0.6 is 11.6 Å². The molecule has 0 amide bonds. The highest BCUT2D eigenvalue weighted by Crippen LogP contribution is 2.30. The third-order valence-corrected chi connectivity index (χ3v) is 4.61. The molecule has 1 aromatic carbocycles. The Morgan fingerprint density at radius 2 is 1.95 bits per heavy atom. The van der Waals surface area contributed by atoms with Crippen molar-refractivity contribution in [1.82, 2.24) is 4.90 Å². The number of hydrogen-bond acceptors (Lipinski definition) is 2. The van der Waals surface area contributed by atoms with E-state index in [1.165, 1.54) is 44.5 Å². The molecule has 2 fully saturated rings. The predicted octanol–water partition coefficient (Wildman–Crippen LogP) is 3.54. The van der Waals surface area contributed by atoms with Crippen LogP contribution in [0.2, 0.25) is 5.02 Å². The molecule has 0 aliphatic carbocycles. The van der Waals surface area contributed by atoms with Gasteiger partial charge in [0.1, 0.15) is 5.82 Å². The first kappa shape index (κ1) is 13.2. The summed E-state index contributed by atoms with van der Waals surface area (Å²) in [6, 6.07) is 5.37. The highest BCUT2D eigenvalue weighted by atomic mass is 35.5. The van der Waals surface area contributed by atoms with Crippen molar-refractivity contribution in [3.8, 4) is 0 Å². The zero-order valence-corrected chi connectivity index (χ0v) is 11.9. The van der Waals surface area contributed by atoms with E-state index in [-0.39, 0.29) is 5.82 Å². The van der Waals surface area contributed by atoms with Gasteiger partial charge in [0.05, 0.1) is 10.7 Å². The number of piperidine rings is 1. The smallest absolute Gasteiger partial charge is 0.124 e. The van der Waals surface area contributed by atoms with Gasteiger partial charge in [-0.25, -0.2) is 4.39 Å². The molecule has 4 heteroatoms. The average molecular weight is 283 g/mol. The fraction of sp³-hybridized carbons (Fsp3) is 0.600. The highest BCUT2D eigenvalue weighted by Gasteiger charge is 2.27. The zero-order chi connectivity index (χ0) is 13.2. The lowest BCUT2D eigenvalue weighted by Crippen LogP contribution is -2.44. The molecule has 2 aliphatic rings. The molecule has 0 N–H and O–H groups in total. The number of hydrogen-bond donors (Lipinski definition) is 0. The number of fused-ring (bicyclic) bond motifs is 1. The molecule has 2 aliphatic heterocycles. The van der Waals surface area contributed by atoms with Gasteiger partial charge in [-0.3, -0.25) is 4.90 Å².